The van der Waals surface area contributed by atoms with Gasteiger partial charge < -0.3 is 19.7 Å². The van der Waals surface area contributed by atoms with Crippen LogP contribution >= 0.6 is 0 Å². The van der Waals surface area contributed by atoms with Gasteiger partial charge in [-0.2, -0.15) is 0 Å². The molecule has 3 aromatic rings. The highest BCUT2D eigenvalue weighted by atomic mass is 19.1. The smallest absolute Gasteiger partial charge is 0.139 e. The van der Waals surface area contributed by atoms with E-state index in [4.69, 9.17) is 4.74 Å². The van der Waals surface area contributed by atoms with E-state index in [1.165, 1.54) is 0 Å². The van der Waals surface area contributed by atoms with Gasteiger partial charge in [-0.25, -0.2) is 9.37 Å². The number of fused-ring (bicyclic) bond motifs is 2. The summed E-state index contributed by atoms with van der Waals surface area (Å²) < 4.78 is 22.8. The molecule has 2 fully saturated rings. The number of imidazole rings is 1. The maximum Gasteiger partial charge on any atom is 0.139 e. The summed E-state index contributed by atoms with van der Waals surface area (Å²) in [6.07, 6.45) is 10.1. The molecule has 5 rings (SSSR count). The van der Waals surface area contributed by atoms with Gasteiger partial charge in [0.2, 0.25) is 0 Å². The van der Waals surface area contributed by atoms with E-state index < -0.39 is 11.7 Å². The van der Waals surface area contributed by atoms with Gasteiger partial charge in [0.1, 0.15) is 11.9 Å². The molecule has 0 amide bonds. The number of phenolic OH excluding ortho intramolecular Hbond substituents is 1. The molecule has 8 heteroatoms. The molecule has 2 N–H and O–H groups in total. The van der Waals surface area contributed by atoms with Crippen LogP contribution in [0.3, 0.4) is 0 Å². The molecule has 166 valence electrons. The maximum absolute atomic E-state index is 15.4. The molecule has 2 aromatic heterocycles. The lowest BCUT2D eigenvalue weighted by Crippen LogP contribution is -2.59. The summed E-state index contributed by atoms with van der Waals surface area (Å²) in [5, 5.41) is 13.9. The summed E-state index contributed by atoms with van der Waals surface area (Å²) in [4.78, 5) is 13.0. The number of phenols is 1. The van der Waals surface area contributed by atoms with Gasteiger partial charge in [-0.3, -0.25) is 9.97 Å². The summed E-state index contributed by atoms with van der Waals surface area (Å²) in [5.41, 5.74) is 2.23. The highest BCUT2D eigenvalue weighted by Gasteiger charge is 2.58. The molecule has 0 radical (unpaired) electrons. The second kappa shape index (κ2) is 7.50. The Kier molecular flexibility index (Phi) is 4.87. The van der Waals surface area contributed by atoms with E-state index in [1.807, 2.05) is 13.0 Å². The topological polar surface area (TPSA) is 85.1 Å². The average molecular weight is 436 g/mol. The zero-order valence-electron chi connectivity index (χ0n) is 18.3. The summed E-state index contributed by atoms with van der Waals surface area (Å²) in [6, 6.07) is 5.32. The Hall–Kier alpha value is -3.10. The average Bonchev–Trinajstić information content (AvgIpc) is 3.38. The zero-order valence-corrected chi connectivity index (χ0v) is 18.3. The van der Waals surface area contributed by atoms with Crippen molar-refractivity contribution in [2.75, 3.05) is 7.11 Å². The van der Waals surface area contributed by atoms with Crippen LogP contribution in [0.4, 0.5) is 4.39 Å². The number of benzene rings is 1. The van der Waals surface area contributed by atoms with Crippen LogP contribution in [0.1, 0.15) is 32.4 Å². The van der Waals surface area contributed by atoms with E-state index in [-0.39, 0.29) is 17.4 Å². The third-order valence-electron chi connectivity index (χ3n) is 6.70. The van der Waals surface area contributed by atoms with Crippen LogP contribution in [-0.2, 0) is 4.74 Å². The molecule has 0 aliphatic carbocycles. The quantitative estimate of drug-likeness (QED) is 0.650. The van der Waals surface area contributed by atoms with Crippen molar-refractivity contribution in [1.82, 2.24) is 24.8 Å². The second-order valence-electron chi connectivity index (χ2n) is 9.14. The largest absolute Gasteiger partial charge is 0.507 e. The van der Waals surface area contributed by atoms with Crippen molar-refractivity contribution in [3.05, 3.63) is 60.6 Å². The number of rotatable bonds is 4. The highest BCUT2D eigenvalue weighted by molar-refractivity contribution is 5.68. The third kappa shape index (κ3) is 3.40. The van der Waals surface area contributed by atoms with Crippen molar-refractivity contribution in [3.8, 4) is 22.7 Å². The maximum atomic E-state index is 15.4. The number of halogens is 1. The van der Waals surface area contributed by atoms with Gasteiger partial charge in [0.05, 0.1) is 47.4 Å². The molecular formula is C24H26FN5O2. The van der Waals surface area contributed by atoms with Crippen molar-refractivity contribution >= 4 is 6.08 Å². The van der Waals surface area contributed by atoms with Crippen LogP contribution in [0.5, 0.6) is 5.75 Å². The number of aromatic nitrogens is 4. The van der Waals surface area contributed by atoms with Crippen LogP contribution in [0.25, 0.3) is 23.0 Å². The number of aromatic hydroxyl groups is 1. The number of nitrogens with one attached hydrogen (secondary N) is 1. The van der Waals surface area contributed by atoms with E-state index >= 15 is 4.39 Å². The predicted octanol–water partition coefficient (Wildman–Crippen LogP) is 3.69. The van der Waals surface area contributed by atoms with Gasteiger partial charge in [-0.1, -0.05) is 0 Å². The molecule has 4 heterocycles. The summed E-state index contributed by atoms with van der Waals surface area (Å²) in [7, 11) is 1.68. The van der Waals surface area contributed by atoms with Crippen molar-refractivity contribution in [2.45, 2.75) is 50.0 Å². The van der Waals surface area contributed by atoms with Gasteiger partial charge in [-0.05, 0) is 50.5 Å². The molecule has 1 aromatic carbocycles. The number of piperidine rings is 1. The number of ether oxygens (including phenoxy) is 1. The summed E-state index contributed by atoms with van der Waals surface area (Å²) >= 11 is 0. The van der Waals surface area contributed by atoms with Crippen molar-refractivity contribution < 1.29 is 14.2 Å². The number of methoxy groups -OCH3 is 1. The molecule has 0 unspecified atom stereocenters. The molecule has 4 atom stereocenters. The first kappa shape index (κ1) is 20.8. The Morgan fingerprint density at radius 3 is 2.75 bits per heavy atom. The first-order valence-electron chi connectivity index (χ1n) is 10.6. The molecule has 2 aliphatic rings. The van der Waals surface area contributed by atoms with E-state index in [1.54, 1.807) is 61.0 Å². The number of hydrogen-bond donors (Lipinski definition) is 2. The molecule has 2 saturated heterocycles. The summed E-state index contributed by atoms with van der Waals surface area (Å²) in [6.45, 7) is 3.99. The first-order chi connectivity index (χ1) is 15.3. The van der Waals surface area contributed by atoms with E-state index in [9.17, 15) is 5.11 Å². The lowest BCUT2D eigenvalue weighted by molar-refractivity contribution is 0.0536. The standard InChI is InChI=1S/C24H26FN5O2/c1-23-10-15(22(25)24(2,29-23)11-21(23)32-3)8-16-12-28-19(13-27-16)18-5-4-17(9-20(18)31)30-7-6-26-14-30/h4-9,12-14,21-22,29,31H,10-11H2,1-3H3/b15-8+/t21-,22+,23+,24+/m1/s1. The first-order valence-corrected chi connectivity index (χ1v) is 10.6. The second-order valence-corrected chi connectivity index (χ2v) is 9.14. The van der Waals surface area contributed by atoms with Gasteiger partial charge in [0.25, 0.3) is 0 Å². The minimum Gasteiger partial charge on any atom is -0.507 e. The number of alkyl halides is 1. The molecule has 0 spiro atoms. The van der Waals surface area contributed by atoms with Crippen LogP contribution in [0.2, 0.25) is 0 Å². The number of hydrogen-bond acceptors (Lipinski definition) is 6. The van der Waals surface area contributed by atoms with Gasteiger partial charge >= 0.3 is 0 Å². The third-order valence-corrected chi connectivity index (χ3v) is 6.70. The van der Waals surface area contributed by atoms with Crippen molar-refractivity contribution in [2.24, 2.45) is 0 Å². The zero-order chi connectivity index (χ0) is 22.5. The van der Waals surface area contributed by atoms with Crippen molar-refractivity contribution in [3.63, 3.8) is 0 Å². The van der Waals surface area contributed by atoms with Gasteiger partial charge in [-0.15, -0.1) is 0 Å². The Morgan fingerprint density at radius 1 is 1.25 bits per heavy atom. The fourth-order valence-corrected chi connectivity index (χ4v) is 5.16. The van der Waals surface area contributed by atoms with E-state index in [2.05, 4.69) is 27.2 Å². The highest BCUT2D eigenvalue weighted by Crippen LogP contribution is 2.47. The van der Waals surface area contributed by atoms with Gasteiger partial charge in [0, 0.05) is 36.7 Å². The Bertz CT molecular complexity index is 1160. The Balaban J connectivity index is 1.40. The van der Waals surface area contributed by atoms with E-state index in [0.29, 0.717) is 35.4 Å². The minimum absolute atomic E-state index is 0.0432. The molecule has 2 aliphatic heterocycles. The number of nitrogens with zero attached hydrogens (tertiary/aromatic N) is 4. The SMILES string of the molecule is CO[C@@H]1C[C@]2(C)N[C@@]1(C)C/C(=C\c1cnc(-c3ccc(-n4ccnc4)cc3O)cn1)[C@@H]2F. The molecular weight excluding hydrogens is 409 g/mol. The monoisotopic (exact) mass is 435 g/mol. The lowest BCUT2D eigenvalue weighted by atomic mass is 9.82. The lowest BCUT2D eigenvalue weighted by Gasteiger charge is -2.41. The fraction of sp³-hybridized carbons (Fsp3) is 0.375. The van der Waals surface area contributed by atoms with Crippen molar-refractivity contribution in [1.29, 1.82) is 0 Å². The molecule has 32 heavy (non-hydrogen) atoms. The molecule has 0 saturated carbocycles. The predicted molar refractivity (Wildman–Crippen MR) is 119 cm³/mol. The van der Waals surface area contributed by atoms with Crippen LogP contribution in [-0.4, -0.2) is 55.1 Å². The Morgan fingerprint density at radius 2 is 2.09 bits per heavy atom. The van der Waals surface area contributed by atoms with E-state index in [0.717, 1.165) is 5.69 Å². The molecule has 2 bridgehead atoms. The van der Waals surface area contributed by atoms with Crippen LogP contribution in [0, 0.1) is 0 Å². The molecule has 7 nitrogen and oxygen atoms in total. The van der Waals surface area contributed by atoms with Crippen LogP contribution in [0.15, 0.2) is 54.9 Å². The minimum atomic E-state index is -1.13. The van der Waals surface area contributed by atoms with Gasteiger partial charge in [0.15, 0.2) is 0 Å². The fourth-order valence-electron chi connectivity index (χ4n) is 5.16. The van der Waals surface area contributed by atoms with Crippen LogP contribution < -0.4 is 5.32 Å². The normalized spacial score (nSPS) is 30.7. The summed E-state index contributed by atoms with van der Waals surface area (Å²) in [5.74, 6) is 0.0989. The Labute approximate surface area is 186 Å².